The lowest BCUT2D eigenvalue weighted by atomic mass is 9.72. The number of benzene rings is 2. The van der Waals surface area contributed by atoms with Crippen molar-refractivity contribution >= 4 is 45.3 Å². The van der Waals surface area contributed by atoms with Gasteiger partial charge in [-0.25, -0.2) is 0 Å². The zero-order chi connectivity index (χ0) is 21.6. The number of esters is 2. The summed E-state index contributed by atoms with van der Waals surface area (Å²) in [5.41, 5.74) is 1.13. The van der Waals surface area contributed by atoms with Crippen LogP contribution in [-0.2, 0) is 19.1 Å². The standard InChI is InChI=1S/C22H22BrClO5/c1-4-17(20(25)14-7-11-16(24)12-8-14)18(13-5-9-15(23)10-6-13)19(21(26)28-2)22(27)29-3/h5-12,17-19H,4H2,1-3H3/t17-,18-/m0/s1. The van der Waals surface area contributed by atoms with Gasteiger partial charge in [-0.05, 0) is 48.4 Å². The number of hydrogen-bond acceptors (Lipinski definition) is 5. The van der Waals surface area contributed by atoms with Crippen LogP contribution in [0.25, 0.3) is 0 Å². The second-order valence-electron chi connectivity index (χ2n) is 6.49. The van der Waals surface area contributed by atoms with Gasteiger partial charge in [0.25, 0.3) is 0 Å². The smallest absolute Gasteiger partial charge is 0.320 e. The van der Waals surface area contributed by atoms with Crippen LogP contribution in [0.5, 0.6) is 0 Å². The Balaban J connectivity index is 2.60. The second kappa shape index (κ2) is 10.6. The van der Waals surface area contributed by atoms with Gasteiger partial charge in [0.2, 0.25) is 0 Å². The molecule has 7 heteroatoms. The van der Waals surface area contributed by atoms with Crippen molar-refractivity contribution in [3.05, 3.63) is 69.2 Å². The largest absolute Gasteiger partial charge is 0.468 e. The third-order valence-corrected chi connectivity index (χ3v) is 5.64. The minimum absolute atomic E-state index is 0.185. The molecule has 0 saturated heterocycles. The summed E-state index contributed by atoms with van der Waals surface area (Å²) in [5, 5.41) is 0.515. The van der Waals surface area contributed by atoms with E-state index in [9.17, 15) is 14.4 Å². The number of ether oxygens (including phenoxy) is 2. The molecular formula is C22H22BrClO5. The lowest BCUT2D eigenvalue weighted by Crippen LogP contribution is -2.38. The van der Waals surface area contributed by atoms with Gasteiger partial charge in [0.15, 0.2) is 11.7 Å². The lowest BCUT2D eigenvalue weighted by Gasteiger charge is -2.30. The van der Waals surface area contributed by atoms with Gasteiger partial charge in [-0.3, -0.25) is 14.4 Å². The normalized spacial score (nSPS) is 12.9. The van der Waals surface area contributed by atoms with Crippen LogP contribution in [0.15, 0.2) is 53.0 Å². The predicted molar refractivity (Wildman–Crippen MR) is 114 cm³/mol. The van der Waals surface area contributed by atoms with Gasteiger partial charge in [0.05, 0.1) is 14.2 Å². The van der Waals surface area contributed by atoms with Crippen molar-refractivity contribution in [2.75, 3.05) is 14.2 Å². The topological polar surface area (TPSA) is 69.7 Å². The van der Waals surface area contributed by atoms with Crippen LogP contribution in [-0.4, -0.2) is 31.9 Å². The fourth-order valence-corrected chi connectivity index (χ4v) is 3.81. The van der Waals surface area contributed by atoms with Crippen LogP contribution in [0.4, 0.5) is 0 Å². The fourth-order valence-electron chi connectivity index (χ4n) is 3.42. The van der Waals surface area contributed by atoms with E-state index in [1.165, 1.54) is 14.2 Å². The monoisotopic (exact) mass is 480 g/mol. The summed E-state index contributed by atoms with van der Waals surface area (Å²) in [4.78, 5) is 38.5. The summed E-state index contributed by atoms with van der Waals surface area (Å²) in [7, 11) is 2.41. The maximum absolute atomic E-state index is 13.3. The molecule has 2 aromatic rings. The van der Waals surface area contributed by atoms with Crippen LogP contribution >= 0.6 is 27.5 Å². The van der Waals surface area contributed by atoms with Crippen molar-refractivity contribution < 1.29 is 23.9 Å². The number of ketones is 1. The van der Waals surface area contributed by atoms with E-state index in [0.29, 0.717) is 22.6 Å². The van der Waals surface area contributed by atoms with Gasteiger partial charge >= 0.3 is 11.9 Å². The third-order valence-electron chi connectivity index (χ3n) is 4.86. The van der Waals surface area contributed by atoms with Gasteiger partial charge in [-0.15, -0.1) is 0 Å². The summed E-state index contributed by atoms with van der Waals surface area (Å²) in [6, 6.07) is 13.7. The zero-order valence-electron chi connectivity index (χ0n) is 16.4. The van der Waals surface area contributed by atoms with Gasteiger partial charge in [-0.2, -0.15) is 0 Å². The Labute approximate surface area is 183 Å². The number of halogens is 2. The summed E-state index contributed by atoms with van der Waals surface area (Å²) in [6.45, 7) is 1.84. The Morgan fingerprint density at radius 3 is 1.90 bits per heavy atom. The van der Waals surface area contributed by atoms with Crippen molar-refractivity contribution in [3.8, 4) is 0 Å². The van der Waals surface area contributed by atoms with Crippen LogP contribution in [0, 0.1) is 11.8 Å². The molecule has 2 atom stereocenters. The Hall–Kier alpha value is -2.18. The first-order valence-corrected chi connectivity index (χ1v) is 10.2. The second-order valence-corrected chi connectivity index (χ2v) is 7.84. The molecule has 0 aliphatic heterocycles. The highest BCUT2D eigenvalue weighted by atomic mass is 79.9. The molecule has 0 unspecified atom stereocenters. The van der Waals surface area contributed by atoms with Gasteiger partial charge in [0.1, 0.15) is 0 Å². The van der Waals surface area contributed by atoms with E-state index in [1.54, 1.807) is 48.5 Å². The molecule has 0 fully saturated rings. The highest BCUT2D eigenvalue weighted by molar-refractivity contribution is 9.10. The average molecular weight is 482 g/mol. The number of rotatable bonds is 8. The Morgan fingerprint density at radius 1 is 0.931 bits per heavy atom. The molecule has 0 amide bonds. The summed E-state index contributed by atoms with van der Waals surface area (Å²) in [6.07, 6.45) is 0.409. The fraction of sp³-hybridized carbons (Fsp3) is 0.318. The zero-order valence-corrected chi connectivity index (χ0v) is 18.7. The maximum atomic E-state index is 13.3. The molecule has 29 heavy (non-hydrogen) atoms. The van der Waals surface area contributed by atoms with E-state index >= 15 is 0 Å². The number of carbonyl (C=O) groups is 3. The molecule has 0 aliphatic carbocycles. The van der Waals surface area contributed by atoms with Crippen LogP contribution in [0.2, 0.25) is 5.02 Å². The lowest BCUT2D eigenvalue weighted by molar-refractivity contribution is -0.160. The molecular weight excluding hydrogens is 460 g/mol. The van der Waals surface area contributed by atoms with Crippen LogP contribution < -0.4 is 0 Å². The number of hydrogen-bond donors (Lipinski definition) is 0. The highest BCUT2D eigenvalue weighted by Gasteiger charge is 2.44. The van der Waals surface area contributed by atoms with Crippen molar-refractivity contribution in [3.63, 3.8) is 0 Å². The quantitative estimate of drug-likeness (QED) is 0.299. The summed E-state index contributed by atoms with van der Waals surface area (Å²) in [5.74, 6) is -4.35. The summed E-state index contributed by atoms with van der Waals surface area (Å²) >= 11 is 9.32. The molecule has 5 nitrogen and oxygen atoms in total. The van der Waals surface area contributed by atoms with E-state index < -0.39 is 29.7 Å². The van der Waals surface area contributed by atoms with Crippen LogP contribution in [0.1, 0.15) is 35.2 Å². The molecule has 0 N–H and O–H groups in total. The molecule has 2 aromatic carbocycles. The number of Topliss-reactive ketones (excluding diaryl/α,β-unsaturated/α-hetero) is 1. The molecule has 0 bridgehead atoms. The van der Waals surface area contributed by atoms with Gasteiger partial charge < -0.3 is 9.47 Å². The molecule has 0 heterocycles. The SMILES string of the molecule is CC[C@H](C(=O)c1ccc(Cl)cc1)[C@H](c1ccc(Br)cc1)C(C(=O)OC)C(=O)OC. The average Bonchev–Trinajstić information content (AvgIpc) is 2.73. The minimum atomic E-state index is -1.27. The first kappa shape index (κ1) is 23.1. The highest BCUT2D eigenvalue weighted by Crippen LogP contribution is 2.38. The van der Waals surface area contributed by atoms with Crippen molar-refractivity contribution in [1.29, 1.82) is 0 Å². The van der Waals surface area contributed by atoms with E-state index in [4.69, 9.17) is 21.1 Å². The predicted octanol–water partition coefficient (Wildman–Crippen LogP) is 5.06. The van der Waals surface area contributed by atoms with E-state index in [2.05, 4.69) is 15.9 Å². The Bertz CT molecular complexity index is 848. The Kier molecular flexibility index (Phi) is 8.41. The van der Waals surface area contributed by atoms with E-state index in [0.717, 1.165) is 4.47 Å². The van der Waals surface area contributed by atoms with Crippen molar-refractivity contribution in [2.24, 2.45) is 11.8 Å². The minimum Gasteiger partial charge on any atom is -0.468 e. The van der Waals surface area contributed by atoms with E-state index in [1.807, 2.05) is 6.92 Å². The molecule has 2 rings (SSSR count). The molecule has 0 aromatic heterocycles. The first-order valence-electron chi connectivity index (χ1n) is 9.04. The Morgan fingerprint density at radius 2 is 1.45 bits per heavy atom. The molecule has 0 aliphatic rings. The summed E-state index contributed by atoms with van der Waals surface area (Å²) < 4.78 is 10.6. The molecule has 0 saturated carbocycles. The first-order chi connectivity index (χ1) is 13.8. The van der Waals surface area contributed by atoms with Crippen molar-refractivity contribution in [2.45, 2.75) is 19.3 Å². The van der Waals surface area contributed by atoms with Gasteiger partial charge in [-0.1, -0.05) is 46.6 Å². The third kappa shape index (κ3) is 5.46. The maximum Gasteiger partial charge on any atom is 0.320 e. The van der Waals surface area contributed by atoms with E-state index in [-0.39, 0.29) is 5.78 Å². The number of carbonyl (C=O) groups excluding carboxylic acids is 3. The number of methoxy groups -OCH3 is 2. The van der Waals surface area contributed by atoms with Crippen LogP contribution in [0.3, 0.4) is 0 Å². The van der Waals surface area contributed by atoms with Crippen molar-refractivity contribution in [1.82, 2.24) is 0 Å². The molecule has 0 radical (unpaired) electrons. The van der Waals surface area contributed by atoms with Gasteiger partial charge in [0, 0.05) is 26.9 Å². The molecule has 154 valence electrons. The molecule has 0 spiro atoms.